The first-order valence-corrected chi connectivity index (χ1v) is 10.0. The number of urea groups is 1. The zero-order valence-corrected chi connectivity index (χ0v) is 16.9. The van der Waals surface area contributed by atoms with E-state index in [1.807, 2.05) is 41.9 Å². The number of amides is 4. The van der Waals surface area contributed by atoms with Crippen molar-refractivity contribution in [2.75, 3.05) is 13.2 Å². The Labute approximate surface area is 178 Å². The van der Waals surface area contributed by atoms with Gasteiger partial charge >= 0.3 is 6.03 Å². The predicted octanol–water partition coefficient (Wildman–Crippen LogP) is 1.42. The van der Waals surface area contributed by atoms with Crippen molar-refractivity contribution in [1.29, 1.82) is 0 Å². The maximum atomic E-state index is 13.2. The molecule has 1 saturated heterocycles. The van der Waals surface area contributed by atoms with Gasteiger partial charge in [0.15, 0.2) is 5.54 Å². The minimum absolute atomic E-state index is 0.190. The molecule has 2 aliphatic heterocycles. The fraction of sp³-hybridized carbons (Fsp3) is 0.273. The van der Waals surface area contributed by atoms with Crippen molar-refractivity contribution in [2.45, 2.75) is 18.5 Å². The predicted molar refractivity (Wildman–Crippen MR) is 111 cm³/mol. The molecule has 0 bridgehead atoms. The molecule has 0 saturated carbocycles. The normalized spacial score (nSPS) is 20.0. The van der Waals surface area contributed by atoms with Gasteiger partial charge in [-0.1, -0.05) is 30.3 Å². The number of rotatable bonds is 4. The van der Waals surface area contributed by atoms with Crippen LogP contribution in [0.25, 0.3) is 11.0 Å². The third-order valence-corrected chi connectivity index (χ3v) is 5.88. The summed E-state index contributed by atoms with van der Waals surface area (Å²) in [7, 11) is 1.88. The first-order chi connectivity index (χ1) is 15.0. The third-order valence-electron chi connectivity index (χ3n) is 5.88. The number of fused-ring (bicyclic) bond motifs is 3. The summed E-state index contributed by atoms with van der Waals surface area (Å²) in [5.74, 6) is 0.371. The smallest absolute Gasteiger partial charge is 0.325 e. The molecule has 9 heteroatoms. The van der Waals surface area contributed by atoms with E-state index in [1.54, 1.807) is 18.2 Å². The third kappa shape index (κ3) is 3.00. The minimum Gasteiger partial charge on any atom is -0.493 e. The Morgan fingerprint density at radius 1 is 1.19 bits per heavy atom. The fourth-order valence-electron chi connectivity index (χ4n) is 4.25. The van der Waals surface area contributed by atoms with Crippen LogP contribution in [-0.2, 0) is 28.7 Å². The summed E-state index contributed by atoms with van der Waals surface area (Å²) < 4.78 is 7.52. The van der Waals surface area contributed by atoms with E-state index in [0.717, 1.165) is 15.9 Å². The summed E-state index contributed by atoms with van der Waals surface area (Å²) in [5.41, 5.74) is 1.22. The summed E-state index contributed by atoms with van der Waals surface area (Å²) in [6.45, 7) is 0.130. The molecule has 5 rings (SSSR count). The number of hydrogen-bond donors (Lipinski definition) is 2. The number of aromatic nitrogens is 2. The second kappa shape index (κ2) is 7.12. The molecule has 1 aromatic heterocycles. The molecule has 0 radical (unpaired) electrons. The number of para-hydroxylation sites is 3. The molecule has 2 N–H and O–H groups in total. The molecule has 1 fully saturated rings. The molecule has 158 valence electrons. The zero-order valence-electron chi connectivity index (χ0n) is 16.9. The van der Waals surface area contributed by atoms with E-state index in [2.05, 4.69) is 15.6 Å². The number of imide groups is 1. The summed E-state index contributed by atoms with van der Waals surface area (Å²) in [5, 5.41) is 5.55. The Hall–Kier alpha value is -3.88. The van der Waals surface area contributed by atoms with Crippen LogP contribution < -0.4 is 15.4 Å². The lowest BCUT2D eigenvalue weighted by Crippen LogP contribution is -2.48. The van der Waals surface area contributed by atoms with Crippen LogP contribution in [0, 0.1) is 0 Å². The second-order valence-electron chi connectivity index (χ2n) is 7.67. The number of imidazole rings is 1. The Morgan fingerprint density at radius 2 is 1.97 bits per heavy atom. The van der Waals surface area contributed by atoms with Gasteiger partial charge in [-0.15, -0.1) is 0 Å². The molecule has 2 aliphatic rings. The van der Waals surface area contributed by atoms with E-state index in [9.17, 15) is 14.4 Å². The molecule has 31 heavy (non-hydrogen) atoms. The SMILES string of the molecule is Cn1c(CNC(=O)CN2C(=O)NC3(CCOc4ccccc43)C2=O)nc2ccccc21. The standard InChI is InChI=1S/C22H21N5O4/c1-26-16-8-4-3-7-15(16)24-18(26)12-23-19(28)13-27-20(29)22(25-21(27)30)10-11-31-17-9-5-2-6-14(17)22/h2-9H,10-13H2,1H3,(H,23,28)(H,25,30). The molecule has 4 amide bonds. The van der Waals surface area contributed by atoms with Crippen molar-refractivity contribution in [3.63, 3.8) is 0 Å². The Balaban J connectivity index is 1.30. The van der Waals surface area contributed by atoms with Gasteiger partial charge in [0.25, 0.3) is 5.91 Å². The molecule has 1 atom stereocenters. The topological polar surface area (TPSA) is 106 Å². The maximum absolute atomic E-state index is 13.2. The highest BCUT2D eigenvalue weighted by atomic mass is 16.5. The van der Waals surface area contributed by atoms with Gasteiger partial charge < -0.3 is 19.9 Å². The molecule has 1 unspecified atom stereocenters. The zero-order chi connectivity index (χ0) is 21.6. The van der Waals surface area contributed by atoms with Crippen LogP contribution in [0.4, 0.5) is 4.79 Å². The Morgan fingerprint density at radius 3 is 2.81 bits per heavy atom. The van der Waals surface area contributed by atoms with E-state index >= 15 is 0 Å². The average molecular weight is 419 g/mol. The number of nitrogens with one attached hydrogen (secondary N) is 2. The largest absolute Gasteiger partial charge is 0.493 e. The van der Waals surface area contributed by atoms with Crippen molar-refractivity contribution in [2.24, 2.45) is 7.05 Å². The molecule has 3 heterocycles. The van der Waals surface area contributed by atoms with E-state index in [0.29, 0.717) is 30.2 Å². The van der Waals surface area contributed by atoms with Crippen LogP contribution in [0.5, 0.6) is 5.75 Å². The van der Waals surface area contributed by atoms with Gasteiger partial charge in [0.1, 0.15) is 18.1 Å². The van der Waals surface area contributed by atoms with Crippen molar-refractivity contribution in [3.05, 3.63) is 59.9 Å². The van der Waals surface area contributed by atoms with Crippen molar-refractivity contribution in [1.82, 2.24) is 25.1 Å². The van der Waals surface area contributed by atoms with Crippen molar-refractivity contribution < 1.29 is 19.1 Å². The number of benzene rings is 2. The van der Waals surface area contributed by atoms with Crippen LogP contribution >= 0.6 is 0 Å². The number of carbonyl (C=O) groups is 3. The van der Waals surface area contributed by atoms with Gasteiger partial charge in [0.2, 0.25) is 5.91 Å². The highest BCUT2D eigenvalue weighted by molar-refractivity contribution is 6.09. The highest BCUT2D eigenvalue weighted by Gasteiger charge is 2.55. The lowest BCUT2D eigenvalue weighted by atomic mass is 9.84. The monoisotopic (exact) mass is 419 g/mol. The minimum atomic E-state index is -1.19. The van der Waals surface area contributed by atoms with E-state index in [1.165, 1.54) is 0 Å². The van der Waals surface area contributed by atoms with Crippen LogP contribution in [0.2, 0.25) is 0 Å². The summed E-state index contributed by atoms with van der Waals surface area (Å²) in [6, 6.07) is 14.2. The van der Waals surface area contributed by atoms with Gasteiger partial charge in [-0.2, -0.15) is 0 Å². The van der Waals surface area contributed by atoms with Crippen LogP contribution in [0.3, 0.4) is 0 Å². The van der Waals surface area contributed by atoms with Gasteiger partial charge in [-0.3, -0.25) is 14.5 Å². The quantitative estimate of drug-likeness (QED) is 0.623. The van der Waals surface area contributed by atoms with Gasteiger partial charge in [0.05, 0.1) is 24.2 Å². The number of carbonyl (C=O) groups excluding carboxylic acids is 3. The Bertz CT molecular complexity index is 1220. The average Bonchev–Trinajstić information content (AvgIpc) is 3.22. The highest BCUT2D eigenvalue weighted by Crippen LogP contribution is 2.40. The van der Waals surface area contributed by atoms with Crippen molar-refractivity contribution in [3.8, 4) is 5.75 Å². The number of hydrogen-bond acceptors (Lipinski definition) is 5. The van der Waals surface area contributed by atoms with Gasteiger partial charge in [-0.25, -0.2) is 9.78 Å². The Kier molecular flexibility index (Phi) is 4.39. The summed E-state index contributed by atoms with van der Waals surface area (Å²) >= 11 is 0. The first kappa shape index (κ1) is 19.1. The van der Waals surface area contributed by atoms with Crippen LogP contribution in [-0.4, -0.2) is 45.4 Å². The number of aryl methyl sites for hydroxylation is 1. The van der Waals surface area contributed by atoms with E-state index in [4.69, 9.17) is 4.74 Å². The summed E-state index contributed by atoms with van der Waals surface area (Å²) in [6.07, 6.45) is 0.312. The first-order valence-electron chi connectivity index (χ1n) is 10.0. The lowest BCUT2D eigenvalue weighted by molar-refractivity contribution is -0.136. The molecule has 1 spiro atoms. The molecule has 0 aliphatic carbocycles. The molecular weight excluding hydrogens is 398 g/mol. The summed E-state index contributed by atoms with van der Waals surface area (Å²) in [4.78, 5) is 43.9. The molecule has 2 aromatic carbocycles. The molecule has 9 nitrogen and oxygen atoms in total. The second-order valence-corrected chi connectivity index (χ2v) is 7.67. The lowest BCUT2D eigenvalue weighted by Gasteiger charge is -2.33. The van der Waals surface area contributed by atoms with Gasteiger partial charge in [0, 0.05) is 19.0 Å². The van der Waals surface area contributed by atoms with Gasteiger partial charge in [-0.05, 0) is 18.2 Å². The number of nitrogens with zero attached hydrogens (tertiary/aromatic N) is 3. The number of ether oxygens (including phenoxy) is 1. The van der Waals surface area contributed by atoms with E-state index < -0.39 is 23.4 Å². The maximum Gasteiger partial charge on any atom is 0.325 e. The molecular formula is C22H21N5O4. The fourth-order valence-corrected chi connectivity index (χ4v) is 4.25. The van der Waals surface area contributed by atoms with Crippen LogP contribution in [0.15, 0.2) is 48.5 Å². The van der Waals surface area contributed by atoms with E-state index in [-0.39, 0.29) is 13.1 Å². The van der Waals surface area contributed by atoms with Crippen molar-refractivity contribution >= 4 is 28.9 Å². The molecule has 3 aromatic rings. The van der Waals surface area contributed by atoms with Crippen LogP contribution in [0.1, 0.15) is 17.8 Å².